The van der Waals surface area contributed by atoms with E-state index in [1.807, 2.05) is 30.3 Å². The number of pyridine rings is 1. The quantitative estimate of drug-likeness (QED) is 0.429. The van der Waals surface area contributed by atoms with Gasteiger partial charge in [0, 0.05) is 30.6 Å². The third-order valence-corrected chi connectivity index (χ3v) is 7.05. The fourth-order valence-corrected chi connectivity index (χ4v) is 4.87. The Morgan fingerprint density at radius 1 is 1.00 bits per heavy atom. The maximum Gasteiger partial charge on any atom is 0.305 e. The Labute approximate surface area is 222 Å². The highest BCUT2D eigenvalue weighted by molar-refractivity contribution is 5.90. The molecule has 202 valence electrons. The number of fused-ring (bicyclic) bond motifs is 1. The predicted octanol–water partition coefficient (Wildman–Crippen LogP) is 3.60. The largest absolute Gasteiger partial charge is 0.496 e. The molecule has 0 radical (unpaired) electrons. The first-order chi connectivity index (χ1) is 18.5. The summed E-state index contributed by atoms with van der Waals surface area (Å²) in [7, 11) is 1.60. The molecule has 1 aromatic carbocycles. The second-order valence-electron chi connectivity index (χ2n) is 9.69. The Morgan fingerprint density at radius 2 is 1.74 bits per heavy atom. The Bertz CT molecular complexity index is 1300. The number of carbonyl (C=O) groups is 1. The topological polar surface area (TPSA) is 99.1 Å². The molecule has 0 aliphatic carbocycles. The van der Waals surface area contributed by atoms with Crippen LogP contribution in [0.25, 0.3) is 22.3 Å². The van der Waals surface area contributed by atoms with Gasteiger partial charge in [-0.2, -0.15) is 9.97 Å². The molecule has 3 aromatic rings. The third-order valence-electron chi connectivity index (χ3n) is 7.05. The number of benzene rings is 1. The number of carbonyl (C=O) groups excluding carboxylic acids is 1. The number of aromatic nitrogens is 3. The van der Waals surface area contributed by atoms with Gasteiger partial charge in [-0.15, -0.1) is 0 Å². The standard InChI is InChI=1S/C28H35N5O5/c1-5-25(34)38-17-21-14-20(6-9-24(21)35-4)23-8-7-22-26(29-23)30-28(33-11-13-37-16-19(33)3)31-27(22)32-10-12-36-15-18(32)2/h6-9,14,18-19H,5,10-13,15-17H2,1-4H3/t18-,19-/m1/s1. The van der Waals surface area contributed by atoms with Gasteiger partial charge in [0.05, 0.1) is 56.7 Å². The van der Waals surface area contributed by atoms with Crippen molar-refractivity contribution in [2.75, 3.05) is 56.4 Å². The SMILES string of the molecule is CCC(=O)OCc1cc(-c2ccc3c(N4CCOC[C@H]4C)nc(N4CCOC[C@H]4C)nc3n2)ccc1OC. The molecule has 0 unspecified atom stereocenters. The van der Waals surface area contributed by atoms with Crippen molar-refractivity contribution in [3.8, 4) is 17.0 Å². The maximum absolute atomic E-state index is 11.7. The third kappa shape index (κ3) is 5.37. The number of anilines is 2. The lowest BCUT2D eigenvalue weighted by molar-refractivity contribution is -0.144. The molecule has 38 heavy (non-hydrogen) atoms. The molecule has 2 aromatic heterocycles. The van der Waals surface area contributed by atoms with Gasteiger partial charge in [0.15, 0.2) is 5.65 Å². The number of hydrogen-bond donors (Lipinski definition) is 0. The molecule has 0 saturated carbocycles. The van der Waals surface area contributed by atoms with Gasteiger partial charge in [-0.05, 0) is 44.2 Å². The molecular weight excluding hydrogens is 486 g/mol. The Balaban J connectivity index is 1.58. The number of hydrogen-bond acceptors (Lipinski definition) is 10. The Kier molecular flexibility index (Phi) is 7.90. The van der Waals surface area contributed by atoms with Crippen LogP contribution < -0.4 is 14.5 Å². The zero-order chi connectivity index (χ0) is 26.6. The van der Waals surface area contributed by atoms with Crippen molar-refractivity contribution in [1.29, 1.82) is 0 Å². The first-order valence-corrected chi connectivity index (χ1v) is 13.2. The van der Waals surface area contributed by atoms with Gasteiger partial charge in [-0.1, -0.05) is 6.92 Å². The van der Waals surface area contributed by atoms with Crippen molar-refractivity contribution < 1.29 is 23.7 Å². The molecule has 2 aliphatic rings. The maximum atomic E-state index is 11.7. The van der Waals surface area contributed by atoms with Crippen LogP contribution in [-0.4, -0.2) is 79.6 Å². The van der Waals surface area contributed by atoms with Crippen molar-refractivity contribution in [2.45, 2.75) is 45.9 Å². The van der Waals surface area contributed by atoms with E-state index in [2.05, 4.69) is 23.6 Å². The summed E-state index contributed by atoms with van der Waals surface area (Å²) >= 11 is 0. The molecular formula is C28H35N5O5. The lowest BCUT2D eigenvalue weighted by Gasteiger charge is -2.37. The molecule has 2 atom stereocenters. The van der Waals surface area contributed by atoms with E-state index < -0.39 is 0 Å². The van der Waals surface area contributed by atoms with Crippen molar-refractivity contribution in [1.82, 2.24) is 15.0 Å². The molecule has 2 fully saturated rings. The summed E-state index contributed by atoms with van der Waals surface area (Å²) in [6.45, 7) is 10.2. The molecule has 0 amide bonds. The van der Waals surface area contributed by atoms with Gasteiger partial charge < -0.3 is 28.7 Å². The average Bonchev–Trinajstić information content (AvgIpc) is 2.95. The van der Waals surface area contributed by atoms with Crippen LogP contribution in [0.2, 0.25) is 0 Å². The number of rotatable bonds is 7. The number of morpholine rings is 2. The van der Waals surface area contributed by atoms with Crippen molar-refractivity contribution in [3.05, 3.63) is 35.9 Å². The number of ether oxygens (including phenoxy) is 4. The van der Waals surface area contributed by atoms with Gasteiger partial charge in [0.25, 0.3) is 0 Å². The van der Waals surface area contributed by atoms with E-state index in [9.17, 15) is 4.79 Å². The van der Waals surface area contributed by atoms with Crippen LogP contribution in [0.5, 0.6) is 5.75 Å². The highest BCUT2D eigenvalue weighted by Gasteiger charge is 2.27. The normalized spacial score (nSPS) is 20.0. The molecule has 0 spiro atoms. The molecule has 0 N–H and O–H groups in total. The van der Waals surface area contributed by atoms with E-state index in [4.69, 9.17) is 33.9 Å². The minimum atomic E-state index is -0.257. The van der Waals surface area contributed by atoms with E-state index in [0.717, 1.165) is 41.1 Å². The zero-order valence-corrected chi connectivity index (χ0v) is 22.5. The number of nitrogens with zero attached hydrogens (tertiary/aromatic N) is 5. The van der Waals surface area contributed by atoms with Gasteiger partial charge in [-0.25, -0.2) is 4.98 Å². The van der Waals surface area contributed by atoms with Crippen molar-refractivity contribution in [3.63, 3.8) is 0 Å². The number of methoxy groups -OCH3 is 1. The first-order valence-electron chi connectivity index (χ1n) is 13.2. The van der Waals surface area contributed by atoms with Crippen LogP contribution in [0.1, 0.15) is 32.8 Å². The van der Waals surface area contributed by atoms with Gasteiger partial charge in [0.2, 0.25) is 5.95 Å². The summed E-state index contributed by atoms with van der Waals surface area (Å²) in [4.78, 5) is 31.2. The average molecular weight is 522 g/mol. The van der Waals surface area contributed by atoms with E-state index in [1.165, 1.54) is 0 Å². The second kappa shape index (κ2) is 11.5. The fourth-order valence-electron chi connectivity index (χ4n) is 4.87. The summed E-state index contributed by atoms with van der Waals surface area (Å²) in [5, 5.41) is 0.901. The monoisotopic (exact) mass is 521 g/mol. The van der Waals surface area contributed by atoms with E-state index >= 15 is 0 Å². The van der Waals surface area contributed by atoms with Crippen LogP contribution >= 0.6 is 0 Å². The lowest BCUT2D eigenvalue weighted by atomic mass is 10.1. The smallest absolute Gasteiger partial charge is 0.305 e. The van der Waals surface area contributed by atoms with Gasteiger partial charge in [-0.3, -0.25) is 4.79 Å². The minimum Gasteiger partial charge on any atom is -0.496 e. The van der Waals surface area contributed by atoms with Crippen LogP contribution in [-0.2, 0) is 25.6 Å². The first kappa shape index (κ1) is 26.1. The van der Waals surface area contributed by atoms with Gasteiger partial charge in [0.1, 0.15) is 18.2 Å². The highest BCUT2D eigenvalue weighted by Crippen LogP contribution is 2.32. The summed E-state index contributed by atoms with van der Waals surface area (Å²) in [6, 6.07) is 10.2. The Hall–Kier alpha value is -3.50. The zero-order valence-electron chi connectivity index (χ0n) is 22.5. The summed E-state index contributed by atoms with van der Waals surface area (Å²) in [5.74, 6) is 1.94. The molecule has 2 saturated heterocycles. The lowest BCUT2D eigenvalue weighted by Crippen LogP contribution is -2.46. The van der Waals surface area contributed by atoms with E-state index in [0.29, 0.717) is 50.2 Å². The Morgan fingerprint density at radius 3 is 2.42 bits per heavy atom. The van der Waals surface area contributed by atoms with Gasteiger partial charge >= 0.3 is 5.97 Å². The van der Waals surface area contributed by atoms with Crippen LogP contribution in [0, 0.1) is 0 Å². The van der Waals surface area contributed by atoms with Crippen LogP contribution in [0.4, 0.5) is 11.8 Å². The van der Waals surface area contributed by atoms with Crippen LogP contribution in [0.3, 0.4) is 0 Å². The highest BCUT2D eigenvalue weighted by atomic mass is 16.5. The molecule has 10 nitrogen and oxygen atoms in total. The molecule has 4 heterocycles. The molecule has 2 aliphatic heterocycles. The number of esters is 1. The van der Waals surface area contributed by atoms with Crippen molar-refractivity contribution >= 4 is 28.8 Å². The van der Waals surface area contributed by atoms with E-state index in [-0.39, 0.29) is 24.7 Å². The fraction of sp³-hybridized carbons (Fsp3) is 0.500. The summed E-state index contributed by atoms with van der Waals surface area (Å²) < 4.78 is 22.2. The molecule has 10 heteroatoms. The molecule has 0 bridgehead atoms. The minimum absolute atomic E-state index is 0.136. The van der Waals surface area contributed by atoms with E-state index in [1.54, 1.807) is 14.0 Å². The second-order valence-corrected chi connectivity index (χ2v) is 9.69. The summed E-state index contributed by atoms with van der Waals surface area (Å²) in [6.07, 6.45) is 0.322. The van der Waals surface area contributed by atoms with Crippen molar-refractivity contribution in [2.24, 2.45) is 0 Å². The van der Waals surface area contributed by atoms with Crippen LogP contribution in [0.15, 0.2) is 30.3 Å². The summed E-state index contributed by atoms with van der Waals surface area (Å²) in [5.41, 5.74) is 3.07. The molecule has 5 rings (SSSR count). The predicted molar refractivity (Wildman–Crippen MR) is 145 cm³/mol.